The van der Waals surface area contributed by atoms with Gasteiger partial charge in [-0.05, 0) is 51.7 Å². The second-order valence-electron chi connectivity index (χ2n) is 4.94. The Labute approximate surface area is 114 Å². The highest BCUT2D eigenvalue weighted by molar-refractivity contribution is 5.73. The third-order valence-corrected chi connectivity index (χ3v) is 3.24. The molecule has 1 heterocycles. The number of amides is 2. The fourth-order valence-electron chi connectivity index (χ4n) is 2.18. The lowest BCUT2D eigenvalue weighted by Gasteiger charge is -2.14. The van der Waals surface area contributed by atoms with Crippen molar-refractivity contribution in [2.75, 3.05) is 32.7 Å². The molecule has 0 aliphatic carbocycles. The summed E-state index contributed by atoms with van der Waals surface area (Å²) in [5, 5.41) is 14.0. The average Bonchev–Trinajstić information content (AvgIpc) is 2.87. The van der Waals surface area contributed by atoms with E-state index in [1.165, 1.54) is 25.9 Å². The van der Waals surface area contributed by atoms with E-state index in [2.05, 4.69) is 15.5 Å². The van der Waals surface area contributed by atoms with Gasteiger partial charge in [0.25, 0.3) is 0 Å². The maximum Gasteiger partial charge on any atom is 0.314 e. The molecule has 1 aliphatic heterocycles. The Morgan fingerprint density at radius 2 is 1.63 bits per heavy atom. The van der Waals surface area contributed by atoms with E-state index in [0.29, 0.717) is 25.9 Å². The van der Waals surface area contributed by atoms with Gasteiger partial charge in [0.2, 0.25) is 0 Å². The van der Waals surface area contributed by atoms with Crippen LogP contribution < -0.4 is 10.6 Å². The number of carbonyl (C=O) groups excluding carboxylic acids is 1. The average molecular weight is 271 g/mol. The predicted octanol–water partition coefficient (Wildman–Crippen LogP) is 1.03. The highest BCUT2D eigenvalue weighted by atomic mass is 16.4. The Bertz CT molecular complexity index is 278. The van der Waals surface area contributed by atoms with Gasteiger partial charge in [0.15, 0.2) is 0 Å². The Morgan fingerprint density at radius 1 is 1.00 bits per heavy atom. The topological polar surface area (TPSA) is 81.7 Å². The van der Waals surface area contributed by atoms with Crippen LogP contribution in [0.4, 0.5) is 4.79 Å². The zero-order valence-corrected chi connectivity index (χ0v) is 11.5. The van der Waals surface area contributed by atoms with Gasteiger partial charge in [-0.2, -0.15) is 0 Å². The van der Waals surface area contributed by atoms with Crippen LogP contribution in [0.2, 0.25) is 0 Å². The van der Waals surface area contributed by atoms with Crippen molar-refractivity contribution in [3.8, 4) is 0 Å². The molecule has 0 radical (unpaired) electrons. The predicted molar refractivity (Wildman–Crippen MR) is 73.2 cm³/mol. The third kappa shape index (κ3) is 8.42. The number of hydrogen-bond acceptors (Lipinski definition) is 3. The Balaban J connectivity index is 1.86. The molecule has 1 aliphatic rings. The normalized spacial score (nSPS) is 15.4. The number of nitrogens with zero attached hydrogens (tertiary/aromatic N) is 1. The molecule has 0 saturated carbocycles. The van der Waals surface area contributed by atoms with Gasteiger partial charge in [0.05, 0.1) is 0 Å². The molecule has 2 amide bonds. The van der Waals surface area contributed by atoms with Gasteiger partial charge in [0, 0.05) is 19.5 Å². The lowest BCUT2D eigenvalue weighted by atomic mass is 10.2. The molecular weight excluding hydrogens is 246 g/mol. The molecule has 19 heavy (non-hydrogen) atoms. The van der Waals surface area contributed by atoms with Crippen molar-refractivity contribution in [2.45, 2.75) is 38.5 Å². The van der Waals surface area contributed by atoms with Crippen molar-refractivity contribution in [3.63, 3.8) is 0 Å². The number of nitrogens with one attached hydrogen (secondary N) is 2. The Morgan fingerprint density at radius 3 is 2.26 bits per heavy atom. The largest absolute Gasteiger partial charge is 0.481 e. The van der Waals surface area contributed by atoms with E-state index >= 15 is 0 Å². The Hall–Kier alpha value is -1.30. The van der Waals surface area contributed by atoms with Crippen LogP contribution in [0.3, 0.4) is 0 Å². The van der Waals surface area contributed by atoms with Crippen molar-refractivity contribution < 1.29 is 14.7 Å². The molecule has 0 aromatic rings. The number of likely N-dealkylation sites (tertiary alicyclic amines) is 1. The number of carboxylic acid groups (broad SMARTS) is 1. The van der Waals surface area contributed by atoms with Crippen molar-refractivity contribution in [1.29, 1.82) is 0 Å². The molecular formula is C13H25N3O3. The quantitative estimate of drug-likeness (QED) is 0.547. The van der Waals surface area contributed by atoms with Crippen LogP contribution in [0, 0.1) is 0 Å². The maximum atomic E-state index is 11.4. The minimum Gasteiger partial charge on any atom is -0.481 e. The molecule has 0 bridgehead atoms. The zero-order chi connectivity index (χ0) is 13.9. The van der Waals surface area contributed by atoms with E-state index in [1.807, 2.05) is 0 Å². The first-order valence-electron chi connectivity index (χ1n) is 7.14. The summed E-state index contributed by atoms with van der Waals surface area (Å²) >= 11 is 0. The summed E-state index contributed by atoms with van der Waals surface area (Å²) in [6, 6.07) is -0.156. The molecule has 0 atom stereocenters. The van der Waals surface area contributed by atoms with E-state index in [0.717, 1.165) is 13.0 Å². The molecule has 0 unspecified atom stereocenters. The number of urea groups is 1. The van der Waals surface area contributed by atoms with Crippen LogP contribution in [0.25, 0.3) is 0 Å². The van der Waals surface area contributed by atoms with E-state index in [9.17, 15) is 9.59 Å². The summed E-state index contributed by atoms with van der Waals surface area (Å²) < 4.78 is 0. The number of unbranched alkanes of at least 4 members (excludes halogenated alkanes) is 1. The third-order valence-electron chi connectivity index (χ3n) is 3.24. The molecule has 3 N–H and O–H groups in total. The maximum absolute atomic E-state index is 11.4. The lowest BCUT2D eigenvalue weighted by molar-refractivity contribution is -0.137. The summed E-state index contributed by atoms with van der Waals surface area (Å²) in [6.07, 6.45) is 5.04. The molecule has 0 spiro atoms. The molecule has 0 aromatic heterocycles. The number of rotatable bonds is 9. The van der Waals surface area contributed by atoms with Crippen LogP contribution in [0.5, 0.6) is 0 Å². The monoisotopic (exact) mass is 271 g/mol. The van der Waals surface area contributed by atoms with Gasteiger partial charge >= 0.3 is 12.0 Å². The summed E-state index contributed by atoms with van der Waals surface area (Å²) in [7, 11) is 0. The minimum atomic E-state index is -0.786. The van der Waals surface area contributed by atoms with Gasteiger partial charge in [-0.25, -0.2) is 4.79 Å². The second-order valence-corrected chi connectivity index (χ2v) is 4.94. The molecule has 110 valence electrons. The van der Waals surface area contributed by atoms with Crippen molar-refractivity contribution in [3.05, 3.63) is 0 Å². The van der Waals surface area contributed by atoms with Gasteiger partial charge in [-0.1, -0.05) is 0 Å². The number of carboxylic acids is 1. The number of carbonyl (C=O) groups is 2. The molecule has 1 rings (SSSR count). The first-order chi connectivity index (χ1) is 9.18. The smallest absolute Gasteiger partial charge is 0.314 e. The molecule has 0 aromatic carbocycles. The van der Waals surface area contributed by atoms with Gasteiger partial charge < -0.3 is 20.6 Å². The minimum absolute atomic E-state index is 0.156. The fourth-order valence-corrected chi connectivity index (χ4v) is 2.18. The standard InChI is InChI=1S/C13H25N3O3/c17-12(18)6-1-2-7-14-13(19)15-8-5-11-16-9-3-4-10-16/h1-11H2,(H,17,18)(H2,14,15,19). The summed E-state index contributed by atoms with van der Waals surface area (Å²) in [5.41, 5.74) is 0. The first-order valence-corrected chi connectivity index (χ1v) is 7.14. The van der Waals surface area contributed by atoms with Crippen LogP contribution in [0.1, 0.15) is 38.5 Å². The zero-order valence-electron chi connectivity index (χ0n) is 11.5. The molecule has 6 heteroatoms. The summed E-state index contributed by atoms with van der Waals surface area (Å²) in [4.78, 5) is 24.1. The molecule has 1 saturated heterocycles. The van der Waals surface area contributed by atoms with Crippen molar-refractivity contribution >= 4 is 12.0 Å². The molecule has 6 nitrogen and oxygen atoms in total. The summed E-state index contributed by atoms with van der Waals surface area (Å²) in [6.45, 7) is 4.66. The van der Waals surface area contributed by atoms with Crippen molar-refractivity contribution in [1.82, 2.24) is 15.5 Å². The second kappa shape index (κ2) is 9.61. The van der Waals surface area contributed by atoms with Crippen LogP contribution in [0.15, 0.2) is 0 Å². The van der Waals surface area contributed by atoms with E-state index in [1.54, 1.807) is 0 Å². The van der Waals surface area contributed by atoms with Crippen LogP contribution in [-0.4, -0.2) is 54.7 Å². The SMILES string of the molecule is O=C(O)CCCCNC(=O)NCCCN1CCCC1. The summed E-state index contributed by atoms with van der Waals surface area (Å²) in [5.74, 6) is -0.786. The lowest BCUT2D eigenvalue weighted by Crippen LogP contribution is -2.37. The van der Waals surface area contributed by atoms with Crippen LogP contribution >= 0.6 is 0 Å². The molecule has 1 fully saturated rings. The fraction of sp³-hybridized carbons (Fsp3) is 0.846. The van der Waals surface area contributed by atoms with E-state index < -0.39 is 5.97 Å². The highest BCUT2D eigenvalue weighted by Gasteiger charge is 2.10. The highest BCUT2D eigenvalue weighted by Crippen LogP contribution is 2.06. The van der Waals surface area contributed by atoms with Gasteiger partial charge in [-0.15, -0.1) is 0 Å². The first kappa shape index (κ1) is 15.8. The van der Waals surface area contributed by atoms with E-state index in [-0.39, 0.29) is 12.5 Å². The van der Waals surface area contributed by atoms with Gasteiger partial charge in [-0.3, -0.25) is 4.79 Å². The van der Waals surface area contributed by atoms with Gasteiger partial charge in [0.1, 0.15) is 0 Å². The van der Waals surface area contributed by atoms with Crippen LogP contribution in [-0.2, 0) is 4.79 Å². The number of aliphatic carboxylic acids is 1. The number of hydrogen-bond donors (Lipinski definition) is 3. The van der Waals surface area contributed by atoms with Crippen molar-refractivity contribution in [2.24, 2.45) is 0 Å². The Kier molecular flexibility index (Phi) is 7.97. The van der Waals surface area contributed by atoms with E-state index in [4.69, 9.17) is 5.11 Å².